The quantitative estimate of drug-likeness (QED) is 0.124. The predicted molar refractivity (Wildman–Crippen MR) is 103 cm³/mol. The molecule has 2 aliphatic rings. The van der Waals surface area contributed by atoms with Crippen molar-refractivity contribution in [2.24, 2.45) is 0 Å². The van der Waals surface area contributed by atoms with E-state index >= 15 is 0 Å². The van der Waals surface area contributed by atoms with Gasteiger partial charge in [-0.3, -0.25) is 0 Å². The molecule has 12 N–H and O–H groups in total. The molecule has 0 amide bonds. The Kier molecular flexibility index (Phi) is 11.4. The van der Waals surface area contributed by atoms with Crippen LogP contribution in [0, 0.1) is 0 Å². The van der Waals surface area contributed by atoms with Crippen LogP contribution in [0.25, 0.3) is 0 Å². The van der Waals surface area contributed by atoms with Gasteiger partial charge in [0.05, 0.1) is 26.4 Å². The van der Waals surface area contributed by atoms with Gasteiger partial charge >= 0.3 is 0 Å². The molecule has 16 heteroatoms. The highest BCUT2D eigenvalue weighted by Gasteiger charge is 2.51. The van der Waals surface area contributed by atoms with Crippen LogP contribution in [0.1, 0.15) is 0 Å². The van der Waals surface area contributed by atoms with Gasteiger partial charge in [0.15, 0.2) is 12.6 Å². The second-order valence-corrected chi connectivity index (χ2v) is 8.09. The first-order chi connectivity index (χ1) is 16.0. The summed E-state index contributed by atoms with van der Waals surface area (Å²) < 4.78 is 21.3. The highest BCUT2D eigenvalue weighted by atomic mass is 16.8. The van der Waals surface area contributed by atoms with Gasteiger partial charge in [-0.1, -0.05) is 0 Å². The molecule has 16 nitrogen and oxygen atoms in total. The molecule has 0 aliphatic carbocycles. The van der Waals surface area contributed by atoms with E-state index in [4.69, 9.17) is 24.1 Å². The molecular formula is C18H34O16. The minimum absolute atomic E-state index is 0.784. The molecule has 0 radical (unpaired) electrons. The molecule has 14 atom stereocenters. The number of hydrogen-bond donors (Lipinski definition) is 12. The van der Waals surface area contributed by atoms with Crippen LogP contribution in [0.15, 0.2) is 0 Å². The fourth-order valence-electron chi connectivity index (χ4n) is 3.60. The second kappa shape index (κ2) is 13.1. The van der Waals surface area contributed by atoms with E-state index in [0.717, 1.165) is 0 Å². The van der Waals surface area contributed by atoms with Crippen molar-refractivity contribution in [3.8, 4) is 0 Å². The first kappa shape index (κ1) is 29.6. The lowest BCUT2D eigenvalue weighted by atomic mass is 9.97. The van der Waals surface area contributed by atoms with Gasteiger partial charge < -0.3 is 80.2 Å². The molecule has 0 spiro atoms. The molecule has 2 rings (SSSR count). The molecule has 0 saturated carbocycles. The van der Waals surface area contributed by atoms with Crippen LogP contribution in [0.4, 0.5) is 0 Å². The van der Waals surface area contributed by atoms with Crippen molar-refractivity contribution in [1.82, 2.24) is 0 Å². The van der Waals surface area contributed by atoms with Gasteiger partial charge in [-0.05, 0) is 0 Å². The lowest BCUT2D eigenvalue weighted by Crippen LogP contribution is -2.65. The first-order valence-corrected chi connectivity index (χ1v) is 10.5. The summed E-state index contributed by atoms with van der Waals surface area (Å²) in [5, 5.41) is 118. The van der Waals surface area contributed by atoms with E-state index in [1.54, 1.807) is 0 Å². The highest BCUT2D eigenvalue weighted by molar-refractivity contribution is 4.94. The number of rotatable bonds is 11. The van der Waals surface area contributed by atoms with Crippen LogP contribution in [0.3, 0.4) is 0 Å². The molecule has 2 heterocycles. The van der Waals surface area contributed by atoms with E-state index < -0.39 is 112 Å². The third kappa shape index (κ3) is 6.37. The SMILES string of the molecule is OC[C@@H](O)[C@@H](O)[C@H](O)[C@@H](CO)O[C@H]1O[C@H](CO)[C@@H](O)[C@H](O)[C@@H]1O[C@H]1O[C@H](CO)[C@@H](O)[C@H](O)[C@@H]1O. The smallest absolute Gasteiger partial charge is 0.187 e. The number of hydrogen-bond acceptors (Lipinski definition) is 16. The largest absolute Gasteiger partial charge is 0.394 e. The van der Waals surface area contributed by atoms with Crippen LogP contribution in [0.5, 0.6) is 0 Å². The summed E-state index contributed by atoms with van der Waals surface area (Å²) in [6.45, 7) is -3.52. The lowest BCUT2D eigenvalue weighted by Gasteiger charge is -2.46. The molecule has 0 bridgehead atoms. The second-order valence-electron chi connectivity index (χ2n) is 8.09. The Morgan fingerprint density at radius 1 is 0.618 bits per heavy atom. The Bertz CT molecular complexity index is 596. The number of aliphatic hydroxyl groups is 12. The molecule has 0 aromatic carbocycles. The molecule has 202 valence electrons. The van der Waals surface area contributed by atoms with E-state index in [0.29, 0.717) is 0 Å². The first-order valence-electron chi connectivity index (χ1n) is 10.5. The molecular weight excluding hydrogens is 472 g/mol. The molecule has 2 saturated heterocycles. The van der Waals surface area contributed by atoms with Gasteiger partial charge in [0, 0.05) is 0 Å². The Morgan fingerprint density at radius 3 is 1.65 bits per heavy atom. The molecule has 2 aliphatic heterocycles. The fraction of sp³-hybridized carbons (Fsp3) is 1.00. The predicted octanol–water partition coefficient (Wildman–Crippen LogP) is -7.94. The highest BCUT2D eigenvalue weighted by Crippen LogP contribution is 2.30. The summed E-state index contributed by atoms with van der Waals surface area (Å²) in [4.78, 5) is 0. The van der Waals surface area contributed by atoms with Crippen LogP contribution in [0.2, 0.25) is 0 Å². The zero-order valence-corrected chi connectivity index (χ0v) is 17.9. The van der Waals surface area contributed by atoms with E-state index in [2.05, 4.69) is 0 Å². The van der Waals surface area contributed by atoms with Crippen molar-refractivity contribution in [3.63, 3.8) is 0 Å². The van der Waals surface area contributed by atoms with Crippen LogP contribution in [-0.4, -0.2) is 174 Å². The van der Waals surface area contributed by atoms with Gasteiger partial charge in [0.25, 0.3) is 0 Å². The van der Waals surface area contributed by atoms with Gasteiger partial charge in [-0.2, -0.15) is 0 Å². The lowest BCUT2D eigenvalue weighted by molar-refractivity contribution is -0.375. The average molecular weight is 506 g/mol. The monoisotopic (exact) mass is 506 g/mol. The van der Waals surface area contributed by atoms with Crippen molar-refractivity contribution in [1.29, 1.82) is 0 Å². The third-order valence-electron chi connectivity index (χ3n) is 5.77. The van der Waals surface area contributed by atoms with E-state index in [9.17, 15) is 56.2 Å². The Labute approximate surface area is 193 Å². The molecule has 0 aromatic rings. The maximum atomic E-state index is 10.5. The summed E-state index contributed by atoms with van der Waals surface area (Å²) in [5.74, 6) is 0. The Morgan fingerprint density at radius 2 is 1.15 bits per heavy atom. The maximum Gasteiger partial charge on any atom is 0.187 e. The van der Waals surface area contributed by atoms with Crippen LogP contribution >= 0.6 is 0 Å². The zero-order chi connectivity index (χ0) is 25.7. The average Bonchev–Trinajstić information content (AvgIpc) is 2.84. The molecule has 0 aromatic heterocycles. The molecule has 34 heavy (non-hydrogen) atoms. The summed E-state index contributed by atoms with van der Waals surface area (Å²) in [6, 6.07) is 0. The number of ether oxygens (including phenoxy) is 4. The van der Waals surface area contributed by atoms with E-state index in [-0.39, 0.29) is 0 Å². The third-order valence-corrected chi connectivity index (χ3v) is 5.77. The van der Waals surface area contributed by atoms with Gasteiger partial charge in [0.2, 0.25) is 0 Å². The zero-order valence-electron chi connectivity index (χ0n) is 17.9. The van der Waals surface area contributed by atoms with E-state index in [1.807, 2.05) is 0 Å². The topological polar surface area (TPSA) is 280 Å². The van der Waals surface area contributed by atoms with Crippen LogP contribution < -0.4 is 0 Å². The number of aliphatic hydroxyl groups excluding tert-OH is 12. The van der Waals surface area contributed by atoms with Crippen molar-refractivity contribution < 1.29 is 80.2 Å². The molecule has 2 fully saturated rings. The summed E-state index contributed by atoms with van der Waals surface area (Å²) in [5.41, 5.74) is 0. The van der Waals surface area contributed by atoms with E-state index in [1.165, 1.54) is 0 Å². The van der Waals surface area contributed by atoms with Crippen molar-refractivity contribution in [3.05, 3.63) is 0 Å². The minimum Gasteiger partial charge on any atom is -0.394 e. The minimum atomic E-state index is -2.00. The fourth-order valence-corrected chi connectivity index (χ4v) is 3.60. The maximum absolute atomic E-state index is 10.5. The van der Waals surface area contributed by atoms with Gasteiger partial charge in [-0.15, -0.1) is 0 Å². The summed E-state index contributed by atoms with van der Waals surface area (Å²) >= 11 is 0. The summed E-state index contributed by atoms with van der Waals surface area (Å²) in [6.07, 6.45) is -24.8. The van der Waals surface area contributed by atoms with Crippen molar-refractivity contribution in [2.75, 3.05) is 26.4 Å². The van der Waals surface area contributed by atoms with Gasteiger partial charge in [-0.25, -0.2) is 0 Å². The standard InChI is InChI=1S/C18H34O16/c19-1-5(23)9(24)10(25)6(2-20)32-18-16(14(29)12(27)8(4-22)33-18)34-17-15(30)13(28)11(26)7(3-21)31-17/h5-30H,1-4H2/t5-,6-,7-,8-,9-,10-,11-,12-,13+,14+,15+,16+,17-,18+/m1/s1. The summed E-state index contributed by atoms with van der Waals surface area (Å²) in [7, 11) is 0. The molecule has 0 unspecified atom stereocenters. The van der Waals surface area contributed by atoms with Crippen LogP contribution in [-0.2, 0) is 18.9 Å². The van der Waals surface area contributed by atoms with Gasteiger partial charge in [0.1, 0.15) is 73.2 Å². The Hall–Kier alpha value is -0.640. The Balaban J connectivity index is 2.26. The van der Waals surface area contributed by atoms with Crippen molar-refractivity contribution >= 4 is 0 Å². The normalized spacial score (nSPS) is 42.7. The van der Waals surface area contributed by atoms with Crippen molar-refractivity contribution in [2.45, 2.75) is 85.8 Å².